The Kier molecular flexibility index (Phi) is 5.57. The van der Waals surface area contributed by atoms with Crippen molar-refractivity contribution >= 4 is 5.91 Å². The molecular weight excluding hydrogens is 260 g/mol. The molecule has 3 heteroatoms. The largest absolute Gasteiger partial charge is 0.312 e. The van der Waals surface area contributed by atoms with Gasteiger partial charge >= 0.3 is 0 Å². The molecule has 0 radical (unpaired) electrons. The predicted octanol–water partition coefficient (Wildman–Crippen LogP) is 4.02. The van der Waals surface area contributed by atoms with E-state index in [1.165, 1.54) is 0 Å². The number of amides is 1. The summed E-state index contributed by atoms with van der Waals surface area (Å²) in [5, 5.41) is 8.82. The van der Waals surface area contributed by atoms with Gasteiger partial charge in [-0.1, -0.05) is 36.4 Å². The molecule has 0 N–H and O–H groups in total. The van der Waals surface area contributed by atoms with Gasteiger partial charge in [0.1, 0.15) is 0 Å². The molecule has 0 bridgehead atoms. The third kappa shape index (κ3) is 4.19. The molecule has 0 spiro atoms. The minimum Gasteiger partial charge on any atom is -0.312 e. The molecule has 1 aromatic carbocycles. The molecule has 21 heavy (non-hydrogen) atoms. The fourth-order valence-corrected chi connectivity index (χ4v) is 2.94. The standard InChI is InChI=1S/C18H22N2O/c1-15(21)20(14-16-8-3-2-4-9-16)18-12-6-5-10-17(18)11-7-13-19/h2-4,8-9,12,17H,5-7,10-11,14H2,1H3. The number of benzene rings is 1. The maximum atomic E-state index is 12.1. The Morgan fingerprint density at radius 3 is 2.81 bits per heavy atom. The zero-order valence-corrected chi connectivity index (χ0v) is 12.6. The second-order valence-corrected chi connectivity index (χ2v) is 5.54. The van der Waals surface area contributed by atoms with Crippen LogP contribution in [0.2, 0.25) is 0 Å². The van der Waals surface area contributed by atoms with Crippen molar-refractivity contribution in [3.05, 3.63) is 47.7 Å². The van der Waals surface area contributed by atoms with Crippen LogP contribution in [0.4, 0.5) is 0 Å². The summed E-state index contributed by atoms with van der Waals surface area (Å²) in [5.41, 5.74) is 2.26. The van der Waals surface area contributed by atoms with Gasteiger partial charge in [0.25, 0.3) is 0 Å². The van der Waals surface area contributed by atoms with Gasteiger partial charge < -0.3 is 4.90 Å². The van der Waals surface area contributed by atoms with E-state index in [1.54, 1.807) is 6.92 Å². The van der Waals surface area contributed by atoms with Crippen molar-refractivity contribution in [2.45, 2.75) is 45.6 Å². The average molecular weight is 282 g/mol. The first-order valence-electron chi connectivity index (χ1n) is 7.61. The minimum atomic E-state index is 0.0777. The first-order valence-corrected chi connectivity index (χ1v) is 7.61. The molecule has 1 aliphatic carbocycles. The Morgan fingerprint density at radius 2 is 2.14 bits per heavy atom. The molecule has 0 aliphatic heterocycles. The van der Waals surface area contributed by atoms with Crippen LogP contribution in [-0.4, -0.2) is 10.8 Å². The highest BCUT2D eigenvalue weighted by Gasteiger charge is 2.24. The SMILES string of the molecule is CC(=O)N(Cc1ccccc1)C1=CCCCC1CCC#N. The Bertz CT molecular complexity index is 542. The molecule has 0 saturated heterocycles. The van der Waals surface area contributed by atoms with Gasteiger partial charge in [0, 0.05) is 19.0 Å². The number of nitriles is 1. The highest BCUT2D eigenvalue weighted by atomic mass is 16.2. The predicted molar refractivity (Wildman–Crippen MR) is 82.9 cm³/mol. The number of carbonyl (C=O) groups is 1. The van der Waals surface area contributed by atoms with Crippen LogP contribution < -0.4 is 0 Å². The maximum absolute atomic E-state index is 12.1. The number of rotatable bonds is 5. The van der Waals surface area contributed by atoms with Gasteiger partial charge in [0.05, 0.1) is 12.6 Å². The molecule has 110 valence electrons. The van der Waals surface area contributed by atoms with Crippen molar-refractivity contribution in [1.82, 2.24) is 4.90 Å². The van der Waals surface area contributed by atoms with Gasteiger partial charge in [-0.3, -0.25) is 4.79 Å². The summed E-state index contributed by atoms with van der Waals surface area (Å²) < 4.78 is 0. The zero-order chi connectivity index (χ0) is 15.1. The molecule has 2 rings (SSSR count). The second kappa shape index (κ2) is 7.64. The van der Waals surface area contributed by atoms with E-state index in [2.05, 4.69) is 12.1 Å². The van der Waals surface area contributed by atoms with Crippen LogP contribution in [-0.2, 0) is 11.3 Å². The summed E-state index contributed by atoms with van der Waals surface area (Å²) in [5.74, 6) is 0.417. The number of hydrogen-bond donors (Lipinski definition) is 0. The molecule has 0 aromatic heterocycles. The van der Waals surface area contributed by atoms with E-state index >= 15 is 0 Å². The maximum Gasteiger partial charge on any atom is 0.223 e. The van der Waals surface area contributed by atoms with E-state index in [4.69, 9.17) is 5.26 Å². The van der Waals surface area contributed by atoms with E-state index in [0.29, 0.717) is 18.9 Å². The van der Waals surface area contributed by atoms with Crippen LogP contribution >= 0.6 is 0 Å². The molecule has 0 heterocycles. The number of allylic oxidation sites excluding steroid dienone is 2. The summed E-state index contributed by atoms with van der Waals surface area (Å²) in [6, 6.07) is 12.3. The van der Waals surface area contributed by atoms with Crippen molar-refractivity contribution in [1.29, 1.82) is 5.26 Å². The van der Waals surface area contributed by atoms with Crippen LogP contribution in [0.15, 0.2) is 42.1 Å². The fourth-order valence-electron chi connectivity index (χ4n) is 2.94. The van der Waals surface area contributed by atoms with E-state index < -0.39 is 0 Å². The van der Waals surface area contributed by atoms with E-state index in [0.717, 1.165) is 36.9 Å². The smallest absolute Gasteiger partial charge is 0.223 e. The normalized spacial score (nSPS) is 17.7. The molecule has 1 amide bonds. The summed E-state index contributed by atoms with van der Waals surface area (Å²) in [6.45, 7) is 2.24. The topological polar surface area (TPSA) is 44.1 Å². The highest BCUT2D eigenvalue weighted by Crippen LogP contribution is 2.32. The molecule has 0 fully saturated rings. The lowest BCUT2D eigenvalue weighted by molar-refractivity contribution is -0.128. The summed E-state index contributed by atoms with van der Waals surface area (Å²) in [6.07, 6.45) is 6.84. The lowest BCUT2D eigenvalue weighted by Crippen LogP contribution is -2.32. The lowest BCUT2D eigenvalue weighted by atomic mass is 9.87. The quantitative estimate of drug-likeness (QED) is 0.818. The van der Waals surface area contributed by atoms with Gasteiger partial charge in [-0.05, 0) is 37.2 Å². The Labute approximate surface area is 126 Å². The van der Waals surface area contributed by atoms with E-state index in [-0.39, 0.29) is 5.91 Å². The third-order valence-electron chi connectivity index (χ3n) is 4.01. The van der Waals surface area contributed by atoms with Crippen molar-refractivity contribution < 1.29 is 4.79 Å². The lowest BCUT2D eigenvalue weighted by Gasteiger charge is -2.32. The zero-order valence-electron chi connectivity index (χ0n) is 12.6. The van der Waals surface area contributed by atoms with E-state index in [1.807, 2.05) is 35.2 Å². The minimum absolute atomic E-state index is 0.0777. The van der Waals surface area contributed by atoms with Crippen LogP contribution in [0.3, 0.4) is 0 Å². The Hall–Kier alpha value is -2.08. The number of hydrogen-bond acceptors (Lipinski definition) is 2. The van der Waals surface area contributed by atoms with Gasteiger partial charge in [-0.2, -0.15) is 5.26 Å². The molecule has 0 saturated carbocycles. The van der Waals surface area contributed by atoms with Gasteiger partial charge in [-0.15, -0.1) is 0 Å². The van der Waals surface area contributed by atoms with Crippen molar-refractivity contribution in [2.75, 3.05) is 0 Å². The first kappa shape index (κ1) is 15.3. The summed E-state index contributed by atoms with van der Waals surface area (Å²) in [4.78, 5) is 14.0. The third-order valence-corrected chi connectivity index (χ3v) is 4.01. The van der Waals surface area contributed by atoms with Gasteiger partial charge in [-0.25, -0.2) is 0 Å². The van der Waals surface area contributed by atoms with Crippen LogP contribution in [0.25, 0.3) is 0 Å². The molecule has 1 aromatic rings. The summed E-state index contributed by atoms with van der Waals surface area (Å²) >= 11 is 0. The fraction of sp³-hybridized carbons (Fsp3) is 0.444. The monoisotopic (exact) mass is 282 g/mol. The Balaban J connectivity index is 2.18. The number of nitrogens with zero attached hydrogens (tertiary/aromatic N) is 2. The van der Waals surface area contributed by atoms with Crippen molar-refractivity contribution in [2.24, 2.45) is 5.92 Å². The van der Waals surface area contributed by atoms with Crippen molar-refractivity contribution in [3.8, 4) is 6.07 Å². The van der Waals surface area contributed by atoms with Crippen LogP contribution in [0, 0.1) is 17.2 Å². The van der Waals surface area contributed by atoms with Crippen LogP contribution in [0.5, 0.6) is 0 Å². The van der Waals surface area contributed by atoms with E-state index in [9.17, 15) is 4.79 Å². The van der Waals surface area contributed by atoms with Gasteiger partial charge in [0.2, 0.25) is 5.91 Å². The number of carbonyl (C=O) groups excluding carboxylic acids is 1. The first-order chi connectivity index (χ1) is 10.2. The second-order valence-electron chi connectivity index (χ2n) is 5.54. The molecule has 1 unspecified atom stereocenters. The molecule has 1 atom stereocenters. The Morgan fingerprint density at radius 1 is 1.38 bits per heavy atom. The highest BCUT2D eigenvalue weighted by molar-refractivity contribution is 5.75. The van der Waals surface area contributed by atoms with Crippen LogP contribution in [0.1, 0.15) is 44.6 Å². The summed E-state index contributed by atoms with van der Waals surface area (Å²) in [7, 11) is 0. The van der Waals surface area contributed by atoms with Gasteiger partial charge in [0.15, 0.2) is 0 Å². The van der Waals surface area contributed by atoms with Crippen molar-refractivity contribution in [3.63, 3.8) is 0 Å². The average Bonchev–Trinajstić information content (AvgIpc) is 2.52. The molecular formula is C18H22N2O. The molecule has 1 aliphatic rings. The molecule has 3 nitrogen and oxygen atoms in total.